The topological polar surface area (TPSA) is 55.8 Å². The van der Waals surface area contributed by atoms with Gasteiger partial charge in [0.25, 0.3) is 0 Å². The number of unbranched alkanes of at least 4 members (excludes halogenated alkanes) is 10. The van der Waals surface area contributed by atoms with Gasteiger partial charge in [-0.3, -0.25) is 0 Å². The molecule has 25 heavy (non-hydrogen) atoms. The molecule has 0 rings (SSSR count). The van der Waals surface area contributed by atoms with E-state index in [1.807, 2.05) is 13.8 Å². The van der Waals surface area contributed by atoms with Gasteiger partial charge in [0.05, 0.1) is 6.61 Å². The molecular weight excluding hydrogens is 316 g/mol. The fraction of sp³-hybridized carbons (Fsp3) is 0.952. The van der Waals surface area contributed by atoms with Gasteiger partial charge in [0.2, 0.25) is 0 Å². The van der Waals surface area contributed by atoms with Gasteiger partial charge in [-0.2, -0.15) is 0 Å². The lowest BCUT2D eigenvalue weighted by Crippen LogP contribution is -2.33. The van der Waals surface area contributed by atoms with E-state index >= 15 is 0 Å². The first-order valence-corrected chi connectivity index (χ1v) is 10.4. The molecule has 0 aromatic heterocycles. The maximum Gasteiger partial charge on any atom is 0.335 e. The van der Waals surface area contributed by atoms with Gasteiger partial charge >= 0.3 is 5.97 Å². The molecule has 4 nitrogen and oxygen atoms in total. The van der Waals surface area contributed by atoms with Crippen molar-refractivity contribution in [3.05, 3.63) is 0 Å². The summed E-state index contributed by atoms with van der Waals surface area (Å²) >= 11 is 0. The molecule has 0 radical (unpaired) electrons. The zero-order valence-electron chi connectivity index (χ0n) is 17.1. The summed E-state index contributed by atoms with van der Waals surface area (Å²) in [7, 11) is 0. The van der Waals surface area contributed by atoms with Crippen molar-refractivity contribution >= 4 is 5.97 Å². The minimum atomic E-state index is -1.07. The average molecular weight is 359 g/mol. The third-order valence-electron chi connectivity index (χ3n) is 4.46. The normalized spacial score (nSPS) is 13.0. The van der Waals surface area contributed by atoms with Crippen LogP contribution in [0.4, 0.5) is 0 Å². The number of hydrogen-bond donors (Lipinski definition) is 1. The highest BCUT2D eigenvalue weighted by atomic mass is 16.6. The lowest BCUT2D eigenvalue weighted by molar-refractivity contribution is -0.167. The second-order valence-electron chi connectivity index (χ2n) is 7.75. The number of aliphatic hydroxyl groups is 1. The van der Waals surface area contributed by atoms with Crippen molar-refractivity contribution in [2.45, 2.75) is 116 Å². The molecule has 0 fully saturated rings. The van der Waals surface area contributed by atoms with E-state index in [1.54, 1.807) is 0 Å². The zero-order valence-corrected chi connectivity index (χ0v) is 17.1. The van der Waals surface area contributed by atoms with E-state index in [2.05, 4.69) is 6.92 Å². The first-order valence-electron chi connectivity index (χ1n) is 10.4. The second kappa shape index (κ2) is 15.6. The number of rotatable bonds is 17. The fourth-order valence-corrected chi connectivity index (χ4v) is 2.70. The van der Waals surface area contributed by atoms with Crippen LogP contribution in [0.2, 0.25) is 0 Å². The van der Waals surface area contributed by atoms with Crippen LogP contribution in [0.15, 0.2) is 0 Å². The maximum atomic E-state index is 11.4. The van der Waals surface area contributed by atoms with Crippen LogP contribution in [-0.4, -0.2) is 36.0 Å². The third kappa shape index (κ3) is 16.6. The smallest absolute Gasteiger partial charge is 0.335 e. The molecule has 0 aliphatic heterocycles. The summed E-state index contributed by atoms with van der Waals surface area (Å²) < 4.78 is 10.9. The number of carbonyl (C=O) groups is 1. The Labute approximate surface area is 155 Å². The molecular formula is C21H42O4. The molecule has 0 heterocycles. The van der Waals surface area contributed by atoms with Crippen LogP contribution >= 0.6 is 0 Å². The predicted molar refractivity (Wildman–Crippen MR) is 104 cm³/mol. The van der Waals surface area contributed by atoms with E-state index in [4.69, 9.17) is 9.47 Å². The predicted octanol–water partition coefficient (Wildman–Crippen LogP) is 5.41. The van der Waals surface area contributed by atoms with Crippen LogP contribution in [0.25, 0.3) is 0 Å². The SMILES string of the molecule is CCCCCCCCCCCCCOCCC(C)(C)OC(=O)[C@@H](C)O. The highest BCUT2D eigenvalue weighted by molar-refractivity contribution is 5.74. The number of aliphatic hydroxyl groups excluding tert-OH is 1. The van der Waals surface area contributed by atoms with Crippen molar-refractivity contribution in [3.63, 3.8) is 0 Å². The van der Waals surface area contributed by atoms with E-state index in [0.717, 1.165) is 13.0 Å². The monoisotopic (exact) mass is 358 g/mol. The molecule has 0 unspecified atom stereocenters. The molecule has 150 valence electrons. The van der Waals surface area contributed by atoms with Crippen molar-refractivity contribution in [2.75, 3.05) is 13.2 Å². The van der Waals surface area contributed by atoms with E-state index < -0.39 is 17.7 Å². The van der Waals surface area contributed by atoms with Gasteiger partial charge in [-0.15, -0.1) is 0 Å². The van der Waals surface area contributed by atoms with Gasteiger partial charge in [-0.1, -0.05) is 71.1 Å². The number of esters is 1. The van der Waals surface area contributed by atoms with E-state index in [9.17, 15) is 9.90 Å². The molecule has 0 aromatic rings. The molecule has 1 atom stereocenters. The van der Waals surface area contributed by atoms with Crippen LogP contribution in [-0.2, 0) is 14.3 Å². The highest BCUT2D eigenvalue weighted by Crippen LogP contribution is 2.16. The Bertz CT molecular complexity index is 313. The van der Waals surface area contributed by atoms with Crippen LogP contribution in [0.1, 0.15) is 105 Å². The molecule has 0 amide bonds. The second-order valence-corrected chi connectivity index (χ2v) is 7.75. The Morgan fingerprint density at radius 1 is 0.880 bits per heavy atom. The quantitative estimate of drug-likeness (QED) is 0.279. The summed E-state index contributed by atoms with van der Waals surface area (Å²) in [5.41, 5.74) is -0.592. The van der Waals surface area contributed by atoms with Crippen molar-refractivity contribution in [3.8, 4) is 0 Å². The highest BCUT2D eigenvalue weighted by Gasteiger charge is 2.24. The molecule has 0 aromatic carbocycles. The van der Waals surface area contributed by atoms with Gasteiger partial charge < -0.3 is 14.6 Å². The van der Waals surface area contributed by atoms with Crippen molar-refractivity contribution in [1.82, 2.24) is 0 Å². The Morgan fingerprint density at radius 2 is 1.36 bits per heavy atom. The standard InChI is InChI=1S/C21H42O4/c1-5-6-7-8-9-10-11-12-13-14-15-17-24-18-16-21(3,4)25-20(23)19(2)22/h19,22H,5-18H2,1-4H3/t19-/m1/s1. The van der Waals surface area contributed by atoms with Crippen LogP contribution in [0.5, 0.6) is 0 Å². The molecule has 0 spiro atoms. The summed E-state index contributed by atoms with van der Waals surface area (Å²) in [5.74, 6) is -0.574. The Balaban J connectivity index is 3.34. The lowest BCUT2D eigenvalue weighted by Gasteiger charge is -2.25. The Hall–Kier alpha value is -0.610. The molecule has 0 bridgehead atoms. The van der Waals surface area contributed by atoms with E-state index in [-0.39, 0.29) is 0 Å². The van der Waals surface area contributed by atoms with Crippen LogP contribution < -0.4 is 0 Å². The summed E-state index contributed by atoms with van der Waals surface area (Å²) in [6.45, 7) is 8.73. The van der Waals surface area contributed by atoms with E-state index in [0.29, 0.717) is 13.0 Å². The third-order valence-corrected chi connectivity index (χ3v) is 4.46. The maximum absolute atomic E-state index is 11.4. The molecule has 0 saturated heterocycles. The minimum Gasteiger partial charge on any atom is -0.458 e. The summed E-state index contributed by atoms with van der Waals surface area (Å²) in [4.78, 5) is 11.4. The van der Waals surface area contributed by atoms with Crippen LogP contribution in [0.3, 0.4) is 0 Å². The van der Waals surface area contributed by atoms with Crippen LogP contribution in [0, 0.1) is 0 Å². The molecule has 1 N–H and O–H groups in total. The summed E-state index contributed by atoms with van der Waals surface area (Å²) in [5, 5.41) is 9.17. The first-order chi connectivity index (χ1) is 11.9. The van der Waals surface area contributed by atoms with Gasteiger partial charge in [-0.25, -0.2) is 4.79 Å². The van der Waals surface area contributed by atoms with Crippen molar-refractivity contribution in [2.24, 2.45) is 0 Å². The Kier molecular flexibility index (Phi) is 15.2. The van der Waals surface area contributed by atoms with Gasteiger partial charge in [-0.05, 0) is 27.2 Å². The minimum absolute atomic E-state index is 0.574. The number of hydrogen-bond acceptors (Lipinski definition) is 4. The molecule has 0 aliphatic rings. The van der Waals surface area contributed by atoms with E-state index in [1.165, 1.54) is 71.1 Å². The zero-order chi connectivity index (χ0) is 19.0. The molecule has 0 aliphatic carbocycles. The van der Waals surface area contributed by atoms with Crippen molar-refractivity contribution in [1.29, 1.82) is 0 Å². The average Bonchev–Trinajstić information content (AvgIpc) is 2.54. The summed E-state index contributed by atoms with van der Waals surface area (Å²) in [6, 6.07) is 0. The fourth-order valence-electron chi connectivity index (χ4n) is 2.70. The molecule has 4 heteroatoms. The van der Waals surface area contributed by atoms with Crippen molar-refractivity contribution < 1.29 is 19.4 Å². The number of ether oxygens (including phenoxy) is 2. The molecule has 0 saturated carbocycles. The van der Waals surface area contributed by atoms with Gasteiger partial charge in [0.1, 0.15) is 11.7 Å². The van der Waals surface area contributed by atoms with Gasteiger partial charge in [0, 0.05) is 13.0 Å². The lowest BCUT2D eigenvalue weighted by atomic mass is 10.1. The first kappa shape index (κ1) is 24.4. The van der Waals surface area contributed by atoms with Gasteiger partial charge in [0.15, 0.2) is 0 Å². The number of carbonyl (C=O) groups excluding carboxylic acids is 1. The Morgan fingerprint density at radius 3 is 1.84 bits per heavy atom. The summed E-state index contributed by atoms with van der Waals surface area (Å²) in [6.07, 6.45) is 14.2. The largest absolute Gasteiger partial charge is 0.458 e.